The number of carbonyl (C=O) groups is 1. The summed E-state index contributed by atoms with van der Waals surface area (Å²) in [6.07, 6.45) is 1.58. The van der Waals surface area contributed by atoms with Crippen molar-refractivity contribution in [2.75, 3.05) is 5.75 Å². The number of nitrogens with one attached hydrogen (secondary N) is 1. The summed E-state index contributed by atoms with van der Waals surface area (Å²) in [4.78, 5) is 12.5. The molecule has 1 atom stereocenters. The second-order valence-electron chi connectivity index (χ2n) is 7.66. The molecule has 6 nitrogen and oxygen atoms in total. The number of aryl methyl sites for hydroxylation is 1. The average molecular weight is 414 g/mol. The highest BCUT2D eigenvalue weighted by atomic mass is 32.2. The van der Waals surface area contributed by atoms with Gasteiger partial charge in [-0.25, -0.2) is 0 Å². The van der Waals surface area contributed by atoms with Crippen LogP contribution in [0.25, 0.3) is 11.5 Å². The topological polar surface area (TPSA) is 81.2 Å². The molecule has 0 spiro atoms. The Balaban J connectivity index is 1.60. The molecular weight excluding hydrogens is 386 g/mol. The first-order chi connectivity index (χ1) is 13.8. The fourth-order valence-corrected chi connectivity index (χ4v) is 3.62. The van der Waals surface area contributed by atoms with Gasteiger partial charge in [0.1, 0.15) is 5.76 Å². The van der Waals surface area contributed by atoms with E-state index in [1.54, 1.807) is 12.3 Å². The van der Waals surface area contributed by atoms with Gasteiger partial charge in [0, 0.05) is 0 Å². The molecule has 0 radical (unpaired) electrons. The summed E-state index contributed by atoms with van der Waals surface area (Å²) in [5, 5.41) is 11.5. The van der Waals surface area contributed by atoms with Crippen LogP contribution in [0.1, 0.15) is 56.5 Å². The molecule has 154 valence electrons. The van der Waals surface area contributed by atoms with Crippen LogP contribution in [0, 0.1) is 12.8 Å². The summed E-state index contributed by atoms with van der Waals surface area (Å²) in [7, 11) is 0. The molecule has 0 saturated carbocycles. The zero-order chi connectivity index (χ0) is 21.0. The van der Waals surface area contributed by atoms with Gasteiger partial charge in [0.05, 0.1) is 23.6 Å². The first-order valence-electron chi connectivity index (χ1n) is 9.75. The van der Waals surface area contributed by atoms with Crippen molar-refractivity contribution in [3.05, 3.63) is 53.5 Å². The van der Waals surface area contributed by atoms with Crippen LogP contribution in [0.5, 0.6) is 0 Å². The zero-order valence-electron chi connectivity index (χ0n) is 17.4. The summed E-state index contributed by atoms with van der Waals surface area (Å²) >= 11 is 1.22. The number of carbonyl (C=O) groups excluding carboxylic acids is 1. The van der Waals surface area contributed by atoms with Gasteiger partial charge in [-0.1, -0.05) is 63.7 Å². The third-order valence-corrected chi connectivity index (χ3v) is 5.59. The van der Waals surface area contributed by atoms with Crippen LogP contribution in [0.3, 0.4) is 0 Å². The Morgan fingerprint density at radius 1 is 1.07 bits per heavy atom. The number of hydrogen-bond acceptors (Lipinski definition) is 6. The summed E-state index contributed by atoms with van der Waals surface area (Å²) in [5.41, 5.74) is 3.16. The van der Waals surface area contributed by atoms with Crippen molar-refractivity contribution in [1.82, 2.24) is 15.5 Å². The standard InChI is InChI=1S/C22H27N3O3S/c1-13(2)16-6-8-17(9-7-16)20(14(3)4)23-19(26)12-29-22-25-24-21(28-22)18-10-11-27-15(18)5/h6-11,13-14,20H,12H2,1-5H3,(H,23,26)/t20-/m1/s1. The lowest BCUT2D eigenvalue weighted by Gasteiger charge is -2.23. The van der Waals surface area contributed by atoms with E-state index in [1.165, 1.54) is 17.3 Å². The Bertz CT molecular complexity index is 944. The third kappa shape index (κ3) is 5.29. The van der Waals surface area contributed by atoms with Gasteiger partial charge in [-0.2, -0.15) is 0 Å². The molecule has 3 rings (SSSR count). The lowest BCUT2D eigenvalue weighted by atomic mass is 9.93. The first kappa shape index (κ1) is 21.2. The second kappa shape index (κ2) is 9.31. The predicted octanol–water partition coefficient (Wildman–Crippen LogP) is 5.37. The molecule has 2 heterocycles. The molecule has 0 aliphatic carbocycles. The fraction of sp³-hybridized carbons (Fsp3) is 0.409. The predicted molar refractivity (Wildman–Crippen MR) is 114 cm³/mol. The third-order valence-electron chi connectivity index (χ3n) is 4.77. The highest BCUT2D eigenvalue weighted by molar-refractivity contribution is 7.99. The van der Waals surface area contributed by atoms with E-state index in [1.807, 2.05) is 6.92 Å². The molecule has 0 saturated heterocycles. The maximum Gasteiger partial charge on any atom is 0.277 e. The van der Waals surface area contributed by atoms with Crippen LogP contribution in [0.2, 0.25) is 0 Å². The Kier molecular flexibility index (Phi) is 6.79. The van der Waals surface area contributed by atoms with Crippen molar-refractivity contribution in [3.8, 4) is 11.5 Å². The number of thioether (sulfide) groups is 1. The molecule has 0 bridgehead atoms. The van der Waals surface area contributed by atoms with E-state index >= 15 is 0 Å². The summed E-state index contributed by atoms with van der Waals surface area (Å²) in [5.74, 6) is 2.00. The van der Waals surface area contributed by atoms with Crippen LogP contribution >= 0.6 is 11.8 Å². The van der Waals surface area contributed by atoms with Crippen LogP contribution in [-0.2, 0) is 4.79 Å². The number of nitrogens with zero attached hydrogens (tertiary/aromatic N) is 2. The van der Waals surface area contributed by atoms with E-state index in [2.05, 4.69) is 67.5 Å². The van der Waals surface area contributed by atoms with Gasteiger partial charge in [0.15, 0.2) is 0 Å². The van der Waals surface area contributed by atoms with Crippen molar-refractivity contribution < 1.29 is 13.6 Å². The van der Waals surface area contributed by atoms with Gasteiger partial charge >= 0.3 is 0 Å². The molecule has 1 amide bonds. The molecule has 7 heteroatoms. The average Bonchev–Trinajstić information content (AvgIpc) is 3.32. The van der Waals surface area contributed by atoms with Gasteiger partial charge in [0.25, 0.3) is 11.1 Å². The molecule has 0 unspecified atom stereocenters. The molecule has 0 aliphatic rings. The van der Waals surface area contributed by atoms with E-state index in [9.17, 15) is 4.79 Å². The summed E-state index contributed by atoms with van der Waals surface area (Å²) in [6, 6.07) is 10.2. The Morgan fingerprint density at radius 3 is 2.34 bits per heavy atom. The van der Waals surface area contributed by atoms with Gasteiger partial charge in [-0.05, 0) is 36.0 Å². The molecule has 3 aromatic rings. The molecule has 0 fully saturated rings. The minimum Gasteiger partial charge on any atom is -0.469 e. The van der Waals surface area contributed by atoms with Crippen molar-refractivity contribution >= 4 is 17.7 Å². The Hall–Kier alpha value is -2.54. The van der Waals surface area contributed by atoms with E-state index in [4.69, 9.17) is 8.83 Å². The second-order valence-corrected chi connectivity index (χ2v) is 8.59. The highest BCUT2D eigenvalue weighted by Gasteiger charge is 2.20. The molecular formula is C22H27N3O3S. The van der Waals surface area contributed by atoms with Gasteiger partial charge < -0.3 is 14.2 Å². The maximum absolute atomic E-state index is 12.5. The Morgan fingerprint density at radius 2 is 1.76 bits per heavy atom. The van der Waals surface area contributed by atoms with Crippen molar-refractivity contribution in [1.29, 1.82) is 0 Å². The zero-order valence-corrected chi connectivity index (χ0v) is 18.2. The fourth-order valence-electron chi connectivity index (χ4n) is 3.05. The quantitative estimate of drug-likeness (QED) is 0.500. The monoisotopic (exact) mass is 413 g/mol. The highest BCUT2D eigenvalue weighted by Crippen LogP contribution is 2.27. The molecule has 2 aromatic heterocycles. The first-order valence-corrected chi connectivity index (χ1v) is 10.7. The van der Waals surface area contributed by atoms with E-state index in [0.29, 0.717) is 22.8 Å². The van der Waals surface area contributed by atoms with Gasteiger partial charge in [0.2, 0.25) is 5.91 Å². The summed E-state index contributed by atoms with van der Waals surface area (Å²) in [6.45, 7) is 10.4. The molecule has 29 heavy (non-hydrogen) atoms. The number of benzene rings is 1. The van der Waals surface area contributed by atoms with E-state index in [-0.39, 0.29) is 23.6 Å². The van der Waals surface area contributed by atoms with Gasteiger partial charge in [-0.3, -0.25) is 4.79 Å². The van der Waals surface area contributed by atoms with Crippen molar-refractivity contribution in [2.24, 2.45) is 5.92 Å². The smallest absolute Gasteiger partial charge is 0.277 e. The van der Waals surface area contributed by atoms with E-state index < -0.39 is 0 Å². The van der Waals surface area contributed by atoms with Crippen molar-refractivity contribution in [3.63, 3.8) is 0 Å². The molecule has 1 aromatic carbocycles. The minimum absolute atomic E-state index is 0.0452. The number of hydrogen-bond donors (Lipinski definition) is 1. The van der Waals surface area contributed by atoms with Crippen LogP contribution in [0.15, 0.2) is 50.7 Å². The maximum atomic E-state index is 12.5. The number of furan rings is 1. The van der Waals surface area contributed by atoms with Crippen LogP contribution < -0.4 is 5.32 Å². The molecule has 0 aliphatic heterocycles. The van der Waals surface area contributed by atoms with E-state index in [0.717, 1.165) is 11.1 Å². The molecule has 1 N–H and O–H groups in total. The minimum atomic E-state index is -0.0686. The SMILES string of the molecule is Cc1occc1-c1nnc(SCC(=O)N[C@@H](c2ccc(C(C)C)cc2)C(C)C)o1. The Labute approximate surface area is 175 Å². The van der Waals surface area contributed by atoms with Crippen molar-refractivity contribution in [2.45, 2.75) is 51.8 Å². The normalized spacial score (nSPS) is 12.5. The number of aromatic nitrogens is 2. The summed E-state index contributed by atoms with van der Waals surface area (Å²) < 4.78 is 10.9. The number of rotatable bonds is 8. The number of amides is 1. The lowest BCUT2D eigenvalue weighted by Crippen LogP contribution is -2.33. The van der Waals surface area contributed by atoms with Crippen LogP contribution in [0.4, 0.5) is 0 Å². The van der Waals surface area contributed by atoms with Crippen LogP contribution in [-0.4, -0.2) is 21.9 Å². The van der Waals surface area contributed by atoms with Gasteiger partial charge in [-0.15, -0.1) is 10.2 Å². The largest absolute Gasteiger partial charge is 0.469 e. The lowest BCUT2D eigenvalue weighted by molar-refractivity contribution is -0.119.